The minimum Gasteiger partial charge on any atom is -0.452 e. The Bertz CT molecular complexity index is 1100. The fourth-order valence-corrected chi connectivity index (χ4v) is 4.19. The van der Waals surface area contributed by atoms with Crippen molar-refractivity contribution in [2.45, 2.75) is 33.1 Å². The molecule has 3 aromatic rings. The fourth-order valence-electron chi connectivity index (χ4n) is 4.19. The van der Waals surface area contributed by atoms with Gasteiger partial charge in [-0.15, -0.1) is 0 Å². The number of rotatable bonds is 7. The highest BCUT2D eigenvalue weighted by molar-refractivity contribution is 6.06. The Balaban J connectivity index is 1.43. The summed E-state index contributed by atoms with van der Waals surface area (Å²) >= 11 is 0. The molecule has 0 fully saturated rings. The molecular formula is C25H27N3O3. The second-order valence-corrected chi connectivity index (χ2v) is 7.63. The number of hydrogen-bond acceptors (Lipinski definition) is 5. The Labute approximate surface area is 182 Å². The molecule has 1 amide bonds. The highest BCUT2D eigenvalue weighted by atomic mass is 16.5. The summed E-state index contributed by atoms with van der Waals surface area (Å²) in [4.78, 5) is 32.2. The maximum absolute atomic E-state index is 12.9. The van der Waals surface area contributed by atoms with Crippen molar-refractivity contribution in [2.24, 2.45) is 0 Å². The van der Waals surface area contributed by atoms with Gasteiger partial charge in [-0.1, -0.05) is 18.2 Å². The number of hydrogen-bond donors (Lipinski definition) is 1. The molecule has 160 valence electrons. The number of fused-ring (bicyclic) bond motifs is 2. The molecule has 0 saturated heterocycles. The van der Waals surface area contributed by atoms with Gasteiger partial charge in [-0.25, -0.2) is 4.79 Å². The van der Waals surface area contributed by atoms with Crippen LogP contribution >= 0.6 is 0 Å². The van der Waals surface area contributed by atoms with Crippen molar-refractivity contribution in [1.82, 2.24) is 4.98 Å². The van der Waals surface area contributed by atoms with Gasteiger partial charge < -0.3 is 15.0 Å². The van der Waals surface area contributed by atoms with Gasteiger partial charge in [0.2, 0.25) is 0 Å². The van der Waals surface area contributed by atoms with Crippen LogP contribution < -0.4 is 10.2 Å². The average molecular weight is 418 g/mol. The summed E-state index contributed by atoms with van der Waals surface area (Å²) in [7, 11) is 0. The number of amides is 1. The molecule has 1 N–H and O–H groups in total. The van der Waals surface area contributed by atoms with Crippen LogP contribution in [-0.2, 0) is 22.4 Å². The number of anilines is 2. The molecule has 0 spiro atoms. The van der Waals surface area contributed by atoms with Crippen molar-refractivity contribution in [3.8, 4) is 0 Å². The molecule has 0 unspecified atom stereocenters. The monoisotopic (exact) mass is 417 g/mol. The molecular weight excluding hydrogens is 390 g/mol. The molecule has 1 heterocycles. The van der Waals surface area contributed by atoms with Crippen molar-refractivity contribution in [3.63, 3.8) is 0 Å². The lowest BCUT2D eigenvalue weighted by molar-refractivity contribution is -0.119. The second-order valence-electron chi connectivity index (χ2n) is 7.63. The van der Waals surface area contributed by atoms with Crippen LogP contribution in [0.4, 0.5) is 11.4 Å². The summed E-state index contributed by atoms with van der Waals surface area (Å²) < 4.78 is 5.41. The molecule has 0 aliphatic heterocycles. The lowest BCUT2D eigenvalue weighted by Crippen LogP contribution is -2.23. The number of carbonyl (C=O) groups excluding carboxylic acids is 2. The predicted molar refractivity (Wildman–Crippen MR) is 123 cm³/mol. The quantitative estimate of drug-likeness (QED) is 0.578. The Morgan fingerprint density at radius 2 is 1.77 bits per heavy atom. The topological polar surface area (TPSA) is 71.5 Å². The lowest BCUT2D eigenvalue weighted by atomic mass is 10.0. The number of pyridine rings is 1. The van der Waals surface area contributed by atoms with Crippen molar-refractivity contribution >= 4 is 34.2 Å². The summed E-state index contributed by atoms with van der Waals surface area (Å²) in [5, 5.41) is 3.57. The number of ether oxygens (including phenoxy) is 1. The van der Waals surface area contributed by atoms with Gasteiger partial charge in [0.1, 0.15) is 0 Å². The number of esters is 1. The van der Waals surface area contributed by atoms with E-state index in [1.807, 2.05) is 48.5 Å². The molecule has 6 heteroatoms. The van der Waals surface area contributed by atoms with Gasteiger partial charge in [0, 0.05) is 35.5 Å². The number of carbonyl (C=O) groups is 2. The number of para-hydroxylation sites is 1. The summed E-state index contributed by atoms with van der Waals surface area (Å²) in [6.45, 7) is 5.73. The van der Waals surface area contributed by atoms with Gasteiger partial charge in [0.05, 0.1) is 11.1 Å². The van der Waals surface area contributed by atoms with Gasteiger partial charge in [0.15, 0.2) is 6.61 Å². The third-order valence-corrected chi connectivity index (χ3v) is 5.74. The first-order valence-corrected chi connectivity index (χ1v) is 10.8. The number of benzene rings is 2. The van der Waals surface area contributed by atoms with Crippen molar-refractivity contribution in [1.29, 1.82) is 0 Å². The lowest BCUT2D eigenvalue weighted by Gasteiger charge is -2.21. The van der Waals surface area contributed by atoms with Crippen LogP contribution in [0.2, 0.25) is 0 Å². The van der Waals surface area contributed by atoms with Crippen LogP contribution in [0.3, 0.4) is 0 Å². The van der Waals surface area contributed by atoms with E-state index in [9.17, 15) is 9.59 Å². The van der Waals surface area contributed by atoms with Gasteiger partial charge in [-0.05, 0) is 69.0 Å². The molecule has 6 nitrogen and oxygen atoms in total. The average Bonchev–Trinajstić information content (AvgIpc) is 3.25. The minimum absolute atomic E-state index is 0.331. The first-order valence-electron chi connectivity index (χ1n) is 10.8. The smallest absolute Gasteiger partial charge is 0.339 e. The van der Waals surface area contributed by atoms with E-state index in [1.54, 1.807) is 0 Å². The van der Waals surface area contributed by atoms with Crippen LogP contribution in [0.5, 0.6) is 0 Å². The summed E-state index contributed by atoms with van der Waals surface area (Å²) in [5.41, 5.74) is 5.03. The van der Waals surface area contributed by atoms with Crippen LogP contribution in [0.15, 0.2) is 48.5 Å². The molecule has 1 aliphatic rings. The molecule has 1 aliphatic carbocycles. The zero-order valence-corrected chi connectivity index (χ0v) is 18.0. The molecule has 0 atom stereocenters. The summed E-state index contributed by atoms with van der Waals surface area (Å²) in [5.74, 6) is -0.831. The Morgan fingerprint density at radius 1 is 1.03 bits per heavy atom. The van der Waals surface area contributed by atoms with E-state index in [1.165, 1.54) is 0 Å². The molecule has 4 rings (SSSR count). The normalized spacial score (nSPS) is 12.5. The van der Waals surface area contributed by atoms with Crippen LogP contribution in [0.25, 0.3) is 10.9 Å². The zero-order valence-electron chi connectivity index (χ0n) is 18.0. The largest absolute Gasteiger partial charge is 0.452 e. The third kappa shape index (κ3) is 4.38. The standard InChI is InChI=1S/C25H27N3O3/c1-3-28(4-2)18-14-12-17(13-15-18)26-23(29)16-31-25(30)24-19-8-5-6-10-21(19)27-22-11-7-9-20(22)24/h5-6,8,10,12-15H,3-4,7,9,11,16H2,1-2H3,(H,26,29). The third-order valence-electron chi connectivity index (χ3n) is 5.74. The number of aryl methyl sites for hydroxylation is 1. The van der Waals surface area contributed by atoms with E-state index >= 15 is 0 Å². The van der Waals surface area contributed by atoms with E-state index in [4.69, 9.17) is 9.72 Å². The highest BCUT2D eigenvalue weighted by Gasteiger charge is 2.25. The highest BCUT2D eigenvalue weighted by Crippen LogP contribution is 2.30. The molecule has 0 radical (unpaired) electrons. The van der Waals surface area contributed by atoms with Crippen LogP contribution in [0, 0.1) is 0 Å². The van der Waals surface area contributed by atoms with E-state index < -0.39 is 5.97 Å². The fraction of sp³-hybridized carbons (Fsp3) is 0.320. The van der Waals surface area contributed by atoms with E-state index in [0.29, 0.717) is 11.3 Å². The van der Waals surface area contributed by atoms with Gasteiger partial charge in [-0.2, -0.15) is 0 Å². The van der Waals surface area contributed by atoms with Crippen molar-refractivity contribution in [2.75, 3.05) is 29.9 Å². The number of nitrogens with one attached hydrogen (secondary N) is 1. The van der Waals surface area contributed by atoms with Gasteiger partial charge in [0.25, 0.3) is 5.91 Å². The van der Waals surface area contributed by atoms with Crippen molar-refractivity contribution < 1.29 is 14.3 Å². The first kappa shape index (κ1) is 20.8. The maximum atomic E-state index is 12.9. The van der Waals surface area contributed by atoms with E-state index in [2.05, 4.69) is 24.1 Å². The Kier molecular flexibility index (Phi) is 6.16. The molecule has 0 bridgehead atoms. The van der Waals surface area contributed by atoms with E-state index in [0.717, 1.165) is 60.2 Å². The Morgan fingerprint density at radius 3 is 2.52 bits per heavy atom. The van der Waals surface area contributed by atoms with Crippen molar-refractivity contribution in [3.05, 3.63) is 65.4 Å². The maximum Gasteiger partial charge on any atom is 0.339 e. The number of nitrogens with zero attached hydrogens (tertiary/aromatic N) is 2. The second kappa shape index (κ2) is 9.16. The van der Waals surface area contributed by atoms with Crippen LogP contribution in [0.1, 0.15) is 41.9 Å². The summed E-state index contributed by atoms with van der Waals surface area (Å²) in [6, 6.07) is 15.2. The van der Waals surface area contributed by atoms with Gasteiger partial charge in [-0.3, -0.25) is 9.78 Å². The molecule has 2 aromatic carbocycles. The molecule has 1 aromatic heterocycles. The zero-order chi connectivity index (χ0) is 21.8. The van der Waals surface area contributed by atoms with E-state index in [-0.39, 0.29) is 12.5 Å². The SMILES string of the molecule is CCN(CC)c1ccc(NC(=O)COC(=O)c2c3c(nc4ccccc24)CCC3)cc1. The van der Waals surface area contributed by atoms with Crippen LogP contribution in [-0.4, -0.2) is 36.6 Å². The van der Waals surface area contributed by atoms with Gasteiger partial charge >= 0.3 is 5.97 Å². The first-order chi connectivity index (χ1) is 15.1. The predicted octanol–water partition coefficient (Wildman–Crippen LogP) is 4.37. The minimum atomic E-state index is -0.469. The Hall–Kier alpha value is -3.41. The molecule has 0 saturated carbocycles. The molecule has 31 heavy (non-hydrogen) atoms. The summed E-state index contributed by atoms with van der Waals surface area (Å²) in [6.07, 6.45) is 2.65. The number of aromatic nitrogens is 1.